The number of ether oxygens (including phenoxy) is 1. The van der Waals surface area contributed by atoms with Gasteiger partial charge in [-0.1, -0.05) is 24.8 Å². The molecular formula is C13H16O3. The van der Waals surface area contributed by atoms with Crippen molar-refractivity contribution < 1.29 is 14.6 Å². The molecule has 0 unspecified atom stereocenters. The van der Waals surface area contributed by atoms with Crippen molar-refractivity contribution >= 4 is 5.97 Å². The fraction of sp³-hybridized carbons (Fsp3) is 0.308. The van der Waals surface area contributed by atoms with Crippen LogP contribution in [0.25, 0.3) is 0 Å². The van der Waals surface area contributed by atoms with Crippen molar-refractivity contribution in [2.45, 2.75) is 19.3 Å². The van der Waals surface area contributed by atoms with Gasteiger partial charge in [0, 0.05) is 12.2 Å². The van der Waals surface area contributed by atoms with Crippen LogP contribution in [-0.2, 0) is 4.79 Å². The first-order valence-corrected chi connectivity index (χ1v) is 5.30. The number of carbonyl (C=O) groups excluding carboxylic acids is 1. The molecule has 0 aromatic heterocycles. The molecule has 1 aromatic carbocycles. The van der Waals surface area contributed by atoms with E-state index in [1.807, 2.05) is 6.07 Å². The summed E-state index contributed by atoms with van der Waals surface area (Å²) in [6, 6.07) is 8.90. The zero-order valence-electron chi connectivity index (χ0n) is 9.19. The van der Waals surface area contributed by atoms with Gasteiger partial charge in [0.1, 0.15) is 5.75 Å². The zero-order valence-corrected chi connectivity index (χ0v) is 9.19. The van der Waals surface area contributed by atoms with Crippen molar-refractivity contribution in [2.24, 2.45) is 0 Å². The summed E-state index contributed by atoms with van der Waals surface area (Å²) < 4.78 is 5.11. The van der Waals surface area contributed by atoms with E-state index in [1.54, 1.807) is 24.3 Å². The average Bonchev–Trinajstić information content (AvgIpc) is 2.30. The van der Waals surface area contributed by atoms with Crippen molar-refractivity contribution in [3.8, 4) is 5.75 Å². The molecule has 1 N–H and O–H groups in total. The molecule has 0 atom stereocenters. The highest BCUT2D eigenvalue weighted by atomic mass is 16.5. The minimum atomic E-state index is -0.399. The molecule has 3 heteroatoms. The first kappa shape index (κ1) is 12.5. The molecule has 86 valence electrons. The highest BCUT2D eigenvalue weighted by molar-refractivity contribution is 5.89. The Morgan fingerprint density at radius 1 is 1.25 bits per heavy atom. The van der Waals surface area contributed by atoms with E-state index in [-0.39, 0.29) is 6.61 Å². The number of para-hydroxylation sites is 1. The first-order chi connectivity index (χ1) is 7.74. The summed E-state index contributed by atoms with van der Waals surface area (Å²) in [6.45, 7) is 3.81. The number of unbranched alkanes of at least 4 members (excludes halogenated alkanes) is 1. The molecule has 0 amide bonds. The zero-order chi connectivity index (χ0) is 11.8. The molecule has 16 heavy (non-hydrogen) atoms. The number of rotatable bonds is 6. The Bertz CT molecular complexity index is 343. The predicted molar refractivity (Wildman–Crippen MR) is 62.2 cm³/mol. The SMILES string of the molecule is C=C(CCCCO)C(=O)Oc1ccccc1. The number of hydrogen-bond donors (Lipinski definition) is 1. The van der Waals surface area contributed by atoms with E-state index in [0.717, 1.165) is 6.42 Å². The Hall–Kier alpha value is -1.61. The van der Waals surface area contributed by atoms with Gasteiger partial charge in [-0.2, -0.15) is 0 Å². The average molecular weight is 220 g/mol. The Morgan fingerprint density at radius 3 is 2.56 bits per heavy atom. The van der Waals surface area contributed by atoms with E-state index < -0.39 is 5.97 Å². The Morgan fingerprint density at radius 2 is 1.94 bits per heavy atom. The van der Waals surface area contributed by atoms with Crippen LogP contribution in [0.3, 0.4) is 0 Å². The highest BCUT2D eigenvalue weighted by Crippen LogP contribution is 2.13. The highest BCUT2D eigenvalue weighted by Gasteiger charge is 2.08. The maximum atomic E-state index is 11.5. The lowest BCUT2D eigenvalue weighted by Crippen LogP contribution is -2.10. The molecule has 0 aliphatic heterocycles. The van der Waals surface area contributed by atoms with Gasteiger partial charge in [0.15, 0.2) is 0 Å². The topological polar surface area (TPSA) is 46.5 Å². The molecule has 0 saturated carbocycles. The number of esters is 1. The van der Waals surface area contributed by atoms with Crippen LogP contribution >= 0.6 is 0 Å². The molecule has 0 spiro atoms. The van der Waals surface area contributed by atoms with Crippen LogP contribution in [-0.4, -0.2) is 17.7 Å². The Labute approximate surface area is 95.4 Å². The van der Waals surface area contributed by atoms with Gasteiger partial charge >= 0.3 is 5.97 Å². The number of benzene rings is 1. The molecule has 1 rings (SSSR count). The van der Waals surface area contributed by atoms with Crippen LogP contribution in [0.15, 0.2) is 42.5 Å². The van der Waals surface area contributed by atoms with Crippen molar-refractivity contribution in [3.63, 3.8) is 0 Å². The maximum Gasteiger partial charge on any atom is 0.338 e. The fourth-order valence-corrected chi connectivity index (χ4v) is 1.22. The van der Waals surface area contributed by atoms with Crippen LogP contribution in [0, 0.1) is 0 Å². The molecule has 0 saturated heterocycles. The third kappa shape index (κ3) is 4.28. The van der Waals surface area contributed by atoms with Gasteiger partial charge in [0.25, 0.3) is 0 Å². The molecule has 0 fully saturated rings. The standard InChI is InChI=1S/C13H16O3/c1-11(7-5-6-10-14)13(15)16-12-8-3-2-4-9-12/h2-4,8-9,14H,1,5-7,10H2. The lowest BCUT2D eigenvalue weighted by molar-refractivity contribution is -0.130. The molecule has 0 aliphatic carbocycles. The minimum Gasteiger partial charge on any atom is -0.423 e. The quantitative estimate of drug-likeness (QED) is 0.346. The van der Waals surface area contributed by atoms with Gasteiger partial charge in [-0.3, -0.25) is 0 Å². The summed E-state index contributed by atoms with van der Waals surface area (Å²) in [7, 11) is 0. The summed E-state index contributed by atoms with van der Waals surface area (Å²) in [5, 5.41) is 8.61. The molecule has 1 aromatic rings. The van der Waals surface area contributed by atoms with Crippen LogP contribution in [0.4, 0.5) is 0 Å². The van der Waals surface area contributed by atoms with Gasteiger partial charge in [-0.25, -0.2) is 4.79 Å². The summed E-state index contributed by atoms with van der Waals surface area (Å²) in [5.41, 5.74) is 0.442. The second kappa shape index (κ2) is 6.80. The largest absolute Gasteiger partial charge is 0.423 e. The number of carbonyl (C=O) groups is 1. The normalized spacial score (nSPS) is 9.81. The van der Waals surface area contributed by atoms with Crippen LogP contribution in [0.2, 0.25) is 0 Å². The van der Waals surface area contributed by atoms with Crippen molar-refractivity contribution in [2.75, 3.05) is 6.61 Å². The maximum absolute atomic E-state index is 11.5. The van der Waals surface area contributed by atoms with Crippen molar-refractivity contribution in [3.05, 3.63) is 42.5 Å². The smallest absolute Gasteiger partial charge is 0.338 e. The van der Waals surface area contributed by atoms with Gasteiger partial charge in [-0.05, 0) is 31.4 Å². The van der Waals surface area contributed by atoms with Crippen molar-refractivity contribution in [1.29, 1.82) is 0 Å². The van der Waals surface area contributed by atoms with Crippen LogP contribution in [0.5, 0.6) is 5.75 Å². The van der Waals surface area contributed by atoms with Gasteiger partial charge in [-0.15, -0.1) is 0 Å². The third-order valence-electron chi connectivity index (χ3n) is 2.13. The second-order valence-corrected chi connectivity index (χ2v) is 3.49. The van der Waals surface area contributed by atoms with Gasteiger partial charge < -0.3 is 9.84 Å². The second-order valence-electron chi connectivity index (χ2n) is 3.49. The fourth-order valence-electron chi connectivity index (χ4n) is 1.22. The molecule has 0 heterocycles. The van der Waals surface area contributed by atoms with Gasteiger partial charge in [0.2, 0.25) is 0 Å². The van der Waals surface area contributed by atoms with Crippen LogP contribution < -0.4 is 4.74 Å². The molecule has 0 radical (unpaired) electrons. The van der Waals surface area contributed by atoms with E-state index in [1.165, 1.54) is 0 Å². The number of aliphatic hydroxyl groups excluding tert-OH is 1. The third-order valence-corrected chi connectivity index (χ3v) is 2.13. The lowest BCUT2D eigenvalue weighted by Gasteiger charge is -2.05. The molecule has 3 nitrogen and oxygen atoms in total. The van der Waals surface area contributed by atoms with E-state index in [2.05, 4.69) is 6.58 Å². The summed E-state index contributed by atoms with van der Waals surface area (Å²) in [5.74, 6) is 0.125. The van der Waals surface area contributed by atoms with E-state index in [4.69, 9.17) is 9.84 Å². The monoisotopic (exact) mass is 220 g/mol. The summed E-state index contributed by atoms with van der Waals surface area (Å²) in [6.07, 6.45) is 1.99. The minimum absolute atomic E-state index is 0.140. The van der Waals surface area contributed by atoms with E-state index in [9.17, 15) is 4.79 Å². The number of aliphatic hydroxyl groups is 1. The predicted octanol–water partition coefficient (Wildman–Crippen LogP) is 2.31. The molecule has 0 aliphatic rings. The summed E-state index contributed by atoms with van der Waals surface area (Å²) in [4.78, 5) is 11.5. The Kier molecular flexibility index (Phi) is 5.29. The first-order valence-electron chi connectivity index (χ1n) is 5.30. The Balaban J connectivity index is 2.38. The van der Waals surface area contributed by atoms with E-state index in [0.29, 0.717) is 24.2 Å². The molecule has 0 bridgehead atoms. The van der Waals surface area contributed by atoms with Crippen LogP contribution in [0.1, 0.15) is 19.3 Å². The lowest BCUT2D eigenvalue weighted by atomic mass is 10.1. The van der Waals surface area contributed by atoms with Gasteiger partial charge in [0.05, 0.1) is 0 Å². The summed E-state index contributed by atoms with van der Waals surface area (Å²) >= 11 is 0. The van der Waals surface area contributed by atoms with Crippen molar-refractivity contribution in [1.82, 2.24) is 0 Å². The molecular weight excluding hydrogens is 204 g/mol. The number of hydrogen-bond acceptors (Lipinski definition) is 3. The van der Waals surface area contributed by atoms with E-state index >= 15 is 0 Å².